The maximum absolute atomic E-state index is 5.56. The van der Waals surface area contributed by atoms with E-state index < -0.39 is 0 Å². The molecule has 1 atom stereocenters. The molecule has 0 radical (unpaired) electrons. The first-order chi connectivity index (χ1) is 9.22. The van der Waals surface area contributed by atoms with Crippen molar-refractivity contribution < 1.29 is 4.42 Å². The van der Waals surface area contributed by atoms with Crippen molar-refractivity contribution in [3.8, 4) is 0 Å². The number of aryl methyl sites for hydroxylation is 3. The Labute approximate surface area is 113 Å². The van der Waals surface area contributed by atoms with Crippen molar-refractivity contribution in [2.75, 3.05) is 6.54 Å². The largest absolute Gasteiger partial charge is 0.465 e. The van der Waals surface area contributed by atoms with Gasteiger partial charge in [0, 0.05) is 25.2 Å². The van der Waals surface area contributed by atoms with E-state index in [1.54, 1.807) is 0 Å². The third kappa shape index (κ3) is 2.73. The van der Waals surface area contributed by atoms with E-state index in [1.807, 2.05) is 19.1 Å². The van der Waals surface area contributed by atoms with Gasteiger partial charge in [0.15, 0.2) is 0 Å². The highest BCUT2D eigenvalue weighted by molar-refractivity contribution is 5.10. The summed E-state index contributed by atoms with van der Waals surface area (Å²) in [4.78, 5) is 4.66. The van der Waals surface area contributed by atoms with Crippen LogP contribution in [0.3, 0.4) is 0 Å². The van der Waals surface area contributed by atoms with Gasteiger partial charge in [0.1, 0.15) is 17.3 Å². The molecular weight excluding hydrogens is 238 g/mol. The van der Waals surface area contributed by atoms with Gasteiger partial charge in [-0.1, -0.05) is 0 Å². The van der Waals surface area contributed by atoms with Crippen LogP contribution in [0.5, 0.6) is 0 Å². The molecule has 0 amide bonds. The molecule has 3 heterocycles. The van der Waals surface area contributed by atoms with Gasteiger partial charge in [0.25, 0.3) is 0 Å². The molecule has 1 N–H and O–H groups in total. The van der Waals surface area contributed by atoms with E-state index in [0.717, 1.165) is 36.8 Å². The highest BCUT2D eigenvalue weighted by atomic mass is 16.3. The Morgan fingerprint density at radius 2 is 2.32 bits per heavy atom. The summed E-state index contributed by atoms with van der Waals surface area (Å²) in [5.74, 6) is 3.75. The van der Waals surface area contributed by atoms with Crippen LogP contribution in [0.2, 0.25) is 0 Å². The molecule has 19 heavy (non-hydrogen) atoms. The molecule has 3 rings (SSSR count). The second-order valence-electron chi connectivity index (χ2n) is 5.42. The predicted molar refractivity (Wildman–Crippen MR) is 74.1 cm³/mol. The van der Waals surface area contributed by atoms with E-state index in [2.05, 4.69) is 28.0 Å². The Hall–Kier alpha value is -1.55. The average Bonchev–Trinajstić information content (AvgIpc) is 2.95. The molecule has 0 fully saturated rings. The monoisotopic (exact) mass is 259 g/mol. The lowest BCUT2D eigenvalue weighted by Gasteiger charge is -2.23. The number of imidazole rings is 1. The van der Waals surface area contributed by atoms with Crippen molar-refractivity contribution in [2.45, 2.75) is 45.7 Å². The van der Waals surface area contributed by atoms with Crippen LogP contribution in [0.1, 0.15) is 41.8 Å². The van der Waals surface area contributed by atoms with Crippen LogP contribution >= 0.6 is 0 Å². The molecule has 0 saturated carbocycles. The summed E-state index contributed by atoms with van der Waals surface area (Å²) >= 11 is 0. The van der Waals surface area contributed by atoms with E-state index in [-0.39, 0.29) is 0 Å². The SMILES string of the molecule is Cc1cn2c(n1)C(CNCc1ccc(C)o1)CCC2. The van der Waals surface area contributed by atoms with Gasteiger partial charge in [-0.05, 0) is 38.8 Å². The second kappa shape index (κ2) is 5.21. The van der Waals surface area contributed by atoms with E-state index in [9.17, 15) is 0 Å². The zero-order valence-corrected chi connectivity index (χ0v) is 11.6. The van der Waals surface area contributed by atoms with Crippen molar-refractivity contribution in [1.29, 1.82) is 0 Å². The summed E-state index contributed by atoms with van der Waals surface area (Å²) in [5.41, 5.74) is 1.13. The van der Waals surface area contributed by atoms with Gasteiger partial charge in [-0.25, -0.2) is 4.98 Å². The van der Waals surface area contributed by atoms with Gasteiger partial charge in [-0.2, -0.15) is 0 Å². The number of fused-ring (bicyclic) bond motifs is 1. The second-order valence-corrected chi connectivity index (χ2v) is 5.42. The fourth-order valence-corrected chi connectivity index (χ4v) is 2.85. The molecule has 102 valence electrons. The van der Waals surface area contributed by atoms with Crippen molar-refractivity contribution >= 4 is 0 Å². The minimum atomic E-state index is 0.526. The molecule has 4 heteroatoms. The Morgan fingerprint density at radius 1 is 1.42 bits per heavy atom. The molecule has 1 aliphatic rings. The first kappa shape index (κ1) is 12.5. The Balaban J connectivity index is 1.59. The fourth-order valence-electron chi connectivity index (χ4n) is 2.85. The summed E-state index contributed by atoms with van der Waals surface area (Å²) in [7, 11) is 0. The molecule has 4 nitrogen and oxygen atoms in total. The van der Waals surface area contributed by atoms with Crippen LogP contribution in [-0.2, 0) is 13.1 Å². The van der Waals surface area contributed by atoms with Crippen LogP contribution in [0, 0.1) is 13.8 Å². The molecular formula is C15H21N3O. The maximum atomic E-state index is 5.56. The van der Waals surface area contributed by atoms with Crippen molar-refractivity contribution in [3.05, 3.63) is 41.4 Å². The molecule has 2 aromatic rings. The van der Waals surface area contributed by atoms with Gasteiger partial charge in [-0.15, -0.1) is 0 Å². The maximum Gasteiger partial charge on any atom is 0.117 e. The van der Waals surface area contributed by atoms with E-state index in [0.29, 0.717) is 5.92 Å². The van der Waals surface area contributed by atoms with Crippen LogP contribution < -0.4 is 5.32 Å². The van der Waals surface area contributed by atoms with E-state index >= 15 is 0 Å². The Bertz CT molecular complexity index is 555. The average molecular weight is 259 g/mol. The van der Waals surface area contributed by atoms with Crippen LogP contribution in [0.15, 0.2) is 22.7 Å². The van der Waals surface area contributed by atoms with E-state index in [4.69, 9.17) is 4.42 Å². The fraction of sp³-hybridized carbons (Fsp3) is 0.533. The number of furan rings is 1. The lowest BCUT2D eigenvalue weighted by molar-refractivity contribution is 0.406. The highest BCUT2D eigenvalue weighted by Gasteiger charge is 2.21. The van der Waals surface area contributed by atoms with Crippen molar-refractivity contribution in [2.24, 2.45) is 0 Å². The van der Waals surface area contributed by atoms with Gasteiger partial charge < -0.3 is 14.3 Å². The molecule has 0 aliphatic carbocycles. The first-order valence-corrected chi connectivity index (χ1v) is 7.02. The predicted octanol–water partition coefficient (Wildman–Crippen LogP) is 2.76. The zero-order valence-electron chi connectivity index (χ0n) is 11.6. The summed E-state index contributed by atoms with van der Waals surface area (Å²) < 4.78 is 7.87. The summed E-state index contributed by atoms with van der Waals surface area (Å²) in [6, 6.07) is 4.04. The lowest BCUT2D eigenvalue weighted by Crippen LogP contribution is -2.26. The Kier molecular flexibility index (Phi) is 3.42. The number of hydrogen-bond acceptors (Lipinski definition) is 3. The molecule has 0 bridgehead atoms. The first-order valence-electron chi connectivity index (χ1n) is 7.02. The quantitative estimate of drug-likeness (QED) is 0.918. The molecule has 0 aromatic carbocycles. The number of nitrogens with zero attached hydrogens (tertiary/aromatic N) is 2. The lowest BCUT2D eigenvalue weighted by atomic mass is 9.99. The summed E-state index contributed by atoms with van der Waals surface area (Å²) in [6.07, 6.45) is 4.63. The van der Waals surface area contributed by atoms with Crippen LogP contribution in [0.4, 0.5) is 0 Å². The molecule has 2 aromatic heterocycles. The van der Waals surface area contributed by atoms with Gasteiger partial charge in [0.05, 0.1) is 12.2 Å². The number of rotatable bonds is 4. The van der Waals surface area contributed by atoms with E-state index in [1.165, 1.54) is 18.7 Å². The Morgan fingerprint density at radius 3 is 3.11 bits per heavy atom. The molecule has 1 unspecified atom stereocenters. The number of nitrogens with one attached hydrogen (secondary N) is 1. The van der Waals surface area contributed by atoms with Crippen molar-refractivity contribution in [3.63, 3.8) is 0 Å². The van der Waals surface area contributed by atoms with Gasteiger partial charge in [-0.3, -0.25) is 0 Å². The summed E-state index contributed by atoms with van der Waals surface area (Å²) in [5, 5.41) is 3.49. The highest BCUT2D eigenvalue weighted by Crippen LogP contribution is 2.26. The minimum absolute atomic E-state index is 0.526. The summed E-state index contributed by atoms with van der Waals surface area (Å²) in [6.45, 7) is 6.93. The minimum Gasteiger partial charge on any atom is -0.465 e. The number of aromatic nitrogens is 2. The molecule has 1 aliphatic heterocycles. The van der Waals surface area contributed by atoms with Crippen LogP contribution in [-0.4, -0.2) is 16.1 Å². The smallest absolute Gasteiger partial charge is 0.117 e. The third-order valence-electron chi connectivity index (χ3n) is 3.73. The van der Waals surface area contributed by atoms with Gasteiger partial charge >= 0.3 is 0 Å². The topological polar surface area (TPSA) is 43.0 Å². The standard InChI is InChI=1S/C15H21N3O/c1-11-10-18-7-3-4-13(15(18)17-11)8-16-9-14-6-5-12(2)19-14/h5-6,10,13,16H,3-4,7-9H2,1-2H3. The van der Waals surface area contributed by atoms with Crippen LogP contribution in [0.25, 0.3) is 0 Å². The van der Waals surface area contributed by atoms with Gasteiger partial charge in [0.2, 0.25) is 0 Å². The molecule has 0 spiro atoms. The van der Waals surface area contributed by atoms with Crippen molar-refractivity contribution in [1.82, 2.24) is 14.9 Å². The molecule has 0 saturated heterocycles. The third-order valence-corrected chi connectivity index (χ3v) is 3.73. The zero-order chi connectivity index (χ0) is 13.2. The normalized spacial score (nSPS) is 18.5. The number of hydrogen-bond donors (Lipinski definition) is 1.